The predicted molar refractivity (Wildman–Crippen MR) is 194 cm³/mol. The van der Waals surface area contributed by atoms with Crippen LogP contribution in [0.5, 0.6) is 0 Å². The van der Waals surface area contributed by atoms with Crippen LogP contribution >= 0.6 is 0 Å². The van der Waals surface area contributed by atoms with Gasteiger partial charge in [-0.15, -0.1) is 0 Å². The van der Waals surface area contributed by atoms with E-state index in [1.165, 1.54) is 51.6 Å². The van der Waals surface area contributed by atoms with Crippen LogP contribution in [-0.4, -0.2) is 114 Å². The normalized spacial score (nSPS) is 51.2. The average molecular weight is 701 g/mol. The molecule has 8 rings (SSSR count). The van der Waals surface area contributed by atoms with Gasteiger partial charge >= 0.3 is 0 Å². The summed E-state index contributed by atoms with van der Waals surface area (Å²) < 4.78 is 26.5. The molecule has 286 valence electrons. The highest BCUT2D eigenvalue weighted by molar-refractivity contribution is 5.33. The number of hydrogen-bond donors (Lipinski definition) is 2. The quantitative estimate of drug-likeness (QED) is 0.314. The Morgan fingerprint density at radius 1 is 0.960 bits per heavy atom. The van der Waals surface area contributed by atoms with E-state index >= 15 is 0 Å². The topological polar surface area (TPSA) is 83.9 Å². The third-order valence-corrected chi connectivity index (χ3v) is 17.7. The van der Waals surface area contributed by atoms with Gasteiger partial charge in [-0.2, -0.15) is 0 Å². The minimum atomic E-state index is -1.01. The van der Waals surface area contributed by atoms with E-state index in [-0.39, 0.29) is 40.8 Å². The molecule has 0 aromatic carbocycles. The molecule has 2 N–H and O–H groups in total. The van der Waals surface area contributed by atoms with E-state index in [0.717, 1.165) is 32.5 Å². The van der Waals surface area contributed by atoms with Gasteiger partial charge in [0.15, 0.2) is 6.29 Å². The summed E-state index contributed by atoms with van der Waals surface area (Å²) in [5.41, 5.74) is -0.421. The Bertz CT molecular complexity index is 1280. The van der Waals surface area contributed by atoms with Crippen molar-refractivity contribution in [2.24, 2.45) is 50.7 Å². The predicted octanol–water partition coefficient (Wildman–Crippen LogP) is 6.11. The van der Waals surface area contributed by atoms with Gasteiger partial charge in [0.2, 0.25) is 0 Å². The summed E-state index contributed by atoms with van der Waals surface area (Å²) in [7, 11) is 0. The Balaban J connectivity index is 0.991. The van der Waals surface area contributed by atoms with Gasteiger partial charge < -0.3 is 29.2 Å². The lowest BCUT2D eigenvalue weighted by Gasteiger charge is -2.64. The van der Waals surface area contributed by atoms with Crippen molar-refractivity contribution in [2.45, 2.75) is 175 Å². The van der Waals surface area contributed by atoms with Gasteiger partial charge in [0.05, 0.1) is 36.6 Å². The molecule has 8 heteroatoms. The molecule has 50 heavy (non-hydrogen) atoms. The molecular formula is C42H72N2O6. The highest BCUT2D eigenvalue weighted by Gasteiger charge is 2.84. The van der Waals surface area contributed by atoms with E-state index in [9.17, 15) is 10.2 Å². The number of nitrogens with zero attached hydrogens (tertiary/aromatic N) is 2. The van der Waals surface area contributed by atoms with Gasteiger partial charge in [0.25, 0.3) is 0 Å². The SMILES string of the molecule is CCO[C@@H](C1C[C@@H](C)[C@H]2C(O1)[C@H](O)[C@@]1(C)C3CC[C@H]4C(C)(C)[C@@H](O[C@H]5CN(C6CN(C(C)C)C6)CCO5)CCC45C[C@@]35CC[C@]21C)C(C)(C)O. The average Bonchev–Trinajstić information content (AvgIpc) is 3.64. The zero-order chi connectivity index (χ0) is 35.8. The number of fused-ring (bicyclic) bond motifs is 4. The zero-order valence-electron chi connectivity index (χ0n) is 33.2. The molecule has 14 atom stereocenters. The van der Waals surface area contributed by atoms with Crippen LogP contribution in [0.15, 0.2) is 0 Å². The Labute approximate surface area is 303 Å². The Morgan fingerprint density at radius 3 is 2.34 bits per heavy atom. The van der Waals surface area contributed by atoms with E-state index in [1.807, 2.05) is 20.8 Å². The standard InChI is InChI=1S/C42H72N2O6/c1-11-47-36(38(7,8)46)28-20-26(4)33-34(49-28)35(45)40(10)30-13-12-29-37(5,6)31(14-15-41(29)24-42(30,41)17-16-39(33,40)9)50-32-23-43(18-19-48-32)27-21-44(22-27)25(2)3/h25-36,45-46H,11-24H2,1-10H3/t26-,28?,29+,30?,31+,32+,33+,34?,35+,36+,39-,40-,41?,42+/m1/s1. The lowest BCUT2D eigenvalue weighted by molar-refractivity contribution is -0.253. The first-order valence-corrected chi connectivity index (χ1v) is 20.9. The molecule has 8 aliphatic rings. The fourth-order valence-electron chi connectivity index (χ4n) is 15.1. The molecule has 5 saturated carbocycles. The van der Waals surface area contributed by atoms with Gasteiger partial charge in [0.1, 0.15) is 6.10 Å². The minimum Gasteiger partial charge on any atom is -0.390 e. The van der Waals surface area contributed by atoms with E-state index < -0.39 is 17.8 Å². The minimum absolute atomic E-state index is 0.0243. The number of aliphatic hydroxyl groups is 2. The molecule has 3 saturated heterocycles. The summed E-state index contributed by atoms with van der Waals surface area (Å²) in [6.07, 6.45) is 8.17. The lowest BCUT2D eigenvalue weighted by atomic mass is 9.41. The second-order valence-corrected chi connectivity index (χ2v) is 20.7. The Kier molecular flexibility index (Phi) is 8.86. The molecule has 3 heterocycles. The van der Waals surface area contributed by atoms with Gasteiger partial charge in [-0.3, -0.25) is 9.80 Å². The van der Waals surface area contributed by atoms with Gasteiger partial charge in [0, 0.05) is 50.3 Å². The maximum atomic E-state index is 12.6. The van der Waals surface area contributed by atoms with Crippen LogP contribution in [0.2, 0.25) is 0 Å². The molecule has 0 aromatic heterocycles. The Morgan fingerprint density at radius 2 is 1.66 bits per heavy atom. The summed E-state index contributed by atoms with van der Waals surface area (Å²) >= 11 is 0. The Hall–Kier alpha value is -0.320. The number of rotatable bonds is 8. The van der Waals surface area contributed by atoms with Crippen molar-refractivity contribution in [2.75, 3.05) is 39.4 Å². The largest absolute Gasteiger partial charge is 0.390 e. The zero-order valence-corrected chi connectivity index (χ0v) is 33.2. The molecule has 0 aromatic rings. The number of hydrogen-bond acceptors (Lipinski definition) is 8. The molecule has 8 fully saturated rings. The van der Waals surface area contributed by atoms with Gasteiger partial charge in [-0.05, 0) is 131 Å². The molecule has 8 nitrogen and oxygen atoms in total. The first-order chi connectivity index (χ1) is 23.4. The fraction of sp³-hybridized carbons (Fsp3) is 1.00. The van der Waals surface area contributed by atoms with Gasteiger partial charge in [-0.1, -0.05) is 34.6 Å². The summed E-state index contributed by atoms with van der Waals surface area (Å²) in [6, 6.07) is 1.26. The highest BCUT2D eigenvalue weighted by atomic mass is 16.7. The van der Waals surface area contributed by atoms with Crippen LogP contribution in [-0.2, 0) is 18.9 Å². The number of aliphatic hydroxyl groups excluding tert-OH is 1. The van der Waals surface area contributed by atoms with E-state index in [1.54, 1.807) is 0 Å². The summed E-state index contributed by atoms with van der Waals surface area (Å²) in [5.74, 6) is 1.86. The monoisotopic (exact) mass is 701 g/mol. The maximum absolute atomic E-state index is 12.6. The van der Waals surface area contributed by atoms with Crippen molar-refractivity contribution in [3.63, 3.8) is 0 Å². The highest BCUT2D eigenvalue weighted by Crippen LogP contribution is 2.89. The smallest absolute Gasteiger partial charge is 0.170 e. The molecule has 0 amide bonds. The van der Waals surface area contributed by atoms with E-state index in [2.05, 4.69) is 58.3 Å². The van der Waals surface area contributed by atoms with Crippen LogP contribution in [0.1, 0.15) is 121 Å². The van der Waals surface area contributed by atoms with Crippen molar-refractivity contribution < 1.29 is 29.2 Å². The van der Waals surface area contributed by atoms with Crippen LogP contribution in [0.3, 0.4) is 0 Å². The van der Waals surface area contributed by atoms with E-state index in [4.69, 9.17) is 18.9 Å². The molecular weight excluding hydrogens is 628 g/mol. The molecule has 3 aliphatic heterocycles. The maximum Gasteiger partial charge on any atom is 0.170 e. The van der Waals surface area contributed by atoms with Crippen LogP contribution in [0.25, 0.3) is 0 Å². The molecule has 2 spiro atoms. The van der Waals surface area contributed by atoms with Gasteiger partial charge in [-0.25, -0.2) is 0 Å². The summed E-state index contributed by atoms with van der Waals surface area (Å²) in [5, 5.41) is 23.7. The van der Waals surface area contributed by atoms with Crippen LogP contribution < -0.4 is 0 Å². The fourth-order valence-corrected chi connectivity index (χ4v) is 15.1. The number of ether oxygens (including phenoxy) is 4. The van der Waals surface area contributed by atoms with Crippen molar-refractivity contribution in [3.8, 4) is 0 Å². The second-order valence-electron chi connectivity index (χ2n) is 20.7. The molecule has 0 bridgehead atoms. The summed E-state index contributed by atoms with van der Waals surface area (Å²) in [6.45, 7) is 28.2. The molecule has 4 unspecified atom stereocenters. The second kappa shape index (κ2) is 12.1. The van der Waals surface area contributed by atoms with Crippen molar-refractivity contribution in [3.05, 3.63) is 0 Å². The third kappa shape index (κ3) is 4.96. The first-order valence-electron chi connectivity index (χ1n) is 20.9. The van der Waals surface area contributed by atoms with E-state index in [0.29, 0.717) is 53.2 Å². The molecule has 0 radical (unpaired) electrons. The lowest BCUT2D eigenvalue weighted by Crippen LogP contribution is -2.64. The third-order valence-electron chi connectivity index (χ3n) is 17.7. The number of likely N-dealkylation sites (tertiary alicyclic amines) is 1. The van der Waals surface area contributed by atoms with Crippen LogP contribution in [0.4, 0.5) is 0 Å². The van der Waals surface area contributed by atoms with Crippen molar-refractivity contribution >= 4 is 0 Å². The summed E-state index contributed by atoms with van der Waals surface area (Å²) in [4.78, 5) is 5.19. The number of morpholine rings is 1. The first kappa shape index (κ1) is 36.6. The van der Waals surface area contributed by atoms with Crippen molar-refractivity contribution in [1.82, 2.24) is 9.80 Å². The molecule has 5 aliphatic carbocycles. The van der Waals surface area contributed by atoms with Crippen molar-refractivity contribution in [1.29, 1.82) is 0 Å². The van der Waals surface area contributed by atoms with Crippen LogP contribution in [0, 0.1) is 50.7 Å².